The summed E-state index contributed by atoms with van der Waals surface area (Å²) in [5.41, 5.74) is 9.19. The van der Waals surface area contributed by atoms with Crippen LogP contribution >= 0.6 is 11.3 Å². The summed E-state index contributed by atoms with van der Waals surface area (Å²) in [5.74, 6) is 1.57. The van der Waals surface area contributed by atoms with Gasteiger partial charge in [0.1, 0.15) is 15.9 Å². The number of aromatic nitrogens is 4. The third-order valence-corrected chi connectivity index (χ3v) is 5.46. The summed E-state index contributed by atoms with van der Waals surface area (Å²) in [6.07, 6.45) is 3.41. The van der Waals surface area contributed by atoms with E-state index >= 15 is 0 Å². The zero-order chi connectivity index (χ0) is 19.5. The van der Waals surface area contributed by atoms with Gasteiger partial charge in [0.25, 0.3) is 0 Å². The average Bonchev–Trinajstić information content (AvgIpc) is 3.14. The first-order valence-electron chi connectivity index (χ1n) is 9.39. The predicted octanol–water partition coefficient (Wildman–Crippen LogP) is 3.75. The quantitative estimate of drug-likeness (QED) is 0.518. The summed E-state index contributed by atoms with van der Waals surface area (Å²) in [4.78, 5) is 21.8. The molecule has 0 atom stereocenters. The van der Waals surface area contributed by atoms with Gasteiger partial charge in [0.2, 0.25) is 0 Å². The van der Waals surface area contributed by atoms with E-state index in [1.807, 2.05) is 38.1 Å². The molecule has 0 aliphatic carbocycles. The van der Waals surface area contributed by atoms with Crippen molar-refractivity contribution in [3.05, 3.63) is 36.7 Å². The second-order valence-corrected chi connectivity index (χ2v) is 7.08. The average molecular weight is 395 g/mol. The SMILES string of the molecule is CC.Nc1cccc(-c2nc(N3CCOCC3)c3sc4nccnc4c3n2)c1. The lowest BCUT2D eigenvalue weighted by Gasteiger charge is -2.28. The number of ether oxygens (including phenoxy) is 1. The number of anilines is 2. The first-order valence-corrected chi connectivity index (χ1v) is 10.2. The van der Waals surface area contributed by atoms with Crippen molar-refractivity contribution >= 4 is 43.4 Å². The van der Waals surface area contributed by atoms with Crippen LogP contribution in [0.1, 0.15) is 13.8 Å². The monoisotopic (exact) mass is 394 g/mol. The van der Waals surface area contributed by atoms with Crippen LogP contribution in [0.3, 0.4) is 0 Å². The Morgan fingerprint density at radius 3 is 2.61 bits per heavy atom. The summed E-state index contributed by atoms with van der Waals surface area (Å²) >= 11 is 1.58. The largest absolute Gasteiger partial charge is 0.399 e. The highest BCUT2D eigenvalue weighted by Gasteiger charge is 2.21. The van der Waals surface area contributed by atoms with Gasteiger partial charge in [-0.3, -0.25) is 0 Å². The highest BCUT2D eigenvalue weighted by molar-refractivity contribution is 7.25. The van der Waals surface area contributed by atoms with Crippen LogP contribution < -0.4 is 10.6 Å². The van der Waals surface area contributed by atoms with Crippen LogP contribution in [0.5, 0.6) is 0 Å². The lowest BCUT2D eigenvalue weighted by Crippen LogP contribution is -2.36. The summed E-state index contributed by atoms with van der Waals surface area (Å²) in [6, 6.07) is 7.64. The maximum absolute atomic E-state index is 5.96. The van der Waals surface area contributed by atoms with E-state index in [0.29, 0.717) is 24.7 Å². The Bertz CT molecular complexity index is 1110. The molecule has 0 bridgehead atoms. The molecular formula is C20H22N6OS. The molecule has 1 fully saturated rings. The van der Waals surface area contributed by atoms with Crippen molar-refractivity contribution in [1.82, 2.24) is 19.9 Å². The van der Waals surface area contributed by atoms with Crippen LogP contribution in [0.4, 0.5) is 11.5 Å². The maximum Gasteiger partial charge on any atom is 0.162 e. The molecule has 0 radical (unpaired) electrons. The number of morpholine rings is 1. The number of nitrogens with two attached hydrogens (primary N) is 1. The molecule has 0 spiro atoms. The minimum Gasteiger partial charge on any atom is -0.399 e. The second kappa shape index (κ2) is 8.04. The third kappa shape index (κ3) is 3.36. The molecule has 1 aliphatic rings. The molecule has 1 aromatic carbocycles. The van der Waals surface area contributed by atoms with Crippen molar-refractivity contribution in [2.45, 2.75) is 13.8 Å². The molecule has 4 aromatic rings. The van der Waals surface area contributed by atoms with Crippen molar-refractivity contribution in [2.75, 3.05) is 36.9 Å². The Morgan fingerprint density at radius 1 is 1.04 bits per heavy atom. The molecule has 5 rings (SSSR count). The number of hydrogen-bond donors (Lipinski definition) is 1. The number of nitrogen functional groups attached to an aromatic ring is 1. The highest BCUT2D eigenvalue weighted by atomic mass is 32.1. The molecule has 0 amide bonds. The van der Waals surface area contributed by atoms with E-state index in [0.717, 1.165) is 45.0 Å². The van der Waals surface area contributed by atoms with Gasteiger partial charge in [-0.15, -0.1) is 11.3 Å². The lowest BCUT2D eigenvalue weighted by molar-refractivity contribution is 0.122. The van der Waals surface area contributed by atoms with Gasteiger partial charge in [-0.1, -0.05) is 26.0 Å². The minimum absolute atomic E-state index is 0.650. The van der Waals surface area contributed by atoms with Crippen molar-refractivity contribution in [1.29, 1.82) is 0 Å². The van der Waals surface area contributed by atoms with Crippen LogP contribution in [-0.2, 0) is 4.74 Å². The smallest absolute Gasteiger partial charge is 0.162 e. The molecule has 8 heteroatoms. The normalized spacial score (nSPS) is 14.1. The third-order valence-electron chi connectivity index (χ3n) is 4.39. The van der Waals surface area contributed by atoms with E-state index in [1.54, 1.807) is 23.7 Å². The lowest BCUT2D eigenvalue weighted by atomic mass is 10.2. The topological polar surface area (TPSA) is 90.0 Å². The number of hydrogen-bond acceptors (Lipinski definition) is 8. The van der Waals surface area contributed by atoms with Gasteiger partial charge in [-0.05, 0) is 12.1 Å². The van der Waals surface area contributed by atoms with Crippen molar-refractivity contribution in [3.63, 3.8) is 0 Å². The molecule has 144 valence electrons. The van der Waals surface area contributed by atoms with Gasteiger partial charge >= 0.3 is 0 Å². The van der Waals surface area contributed by atoms with E-state index in [1.165, 1.54) is 0 Å². The van der Waals surface area contributed by atoms with Crippen LogP contribution in [0.25, 0.3) is 32.0 Å². The Hall–Kier alpha value is -2.84. The Morgan fingerprint density at radius 2 is 1.82 bits per heavy atom. The molecule has 28 heavy (non-hydrogen) atoms. The Balaban J connectivity index is 0.000000932. The van der Waals surface area contributed by atoms with Gasteiger partial charge in [-0.2, -0.15) is 0 Å². The van der Waals surface area contributed by atoms with E-state index < -0.39 is 0 Å². The number of nitrogens with zero attached hydrogens (tertiary/aromatic N) is 5. The number of thiophene rings is 1. The number of fused-ring (bicyclic) bond motifs is 3. The molecule has 2 N–H and O–H groups in total. The highest BCUT2D eigenvalue weighted by Crippen LogP contribution is 2.37. The van der Waals surface area contributed by atoms with Crippen LogP contribution in [0, 0.1) is 0 Å². The van der Waals surface area contributed by atoms with Gasteiger partial charge in [0.05, 0.1) is 17.9 Å². The molecule has 1 aliphatic heterocycles. The Kier molecular flexibility index (Phi) is 5.31. The number of rotatable bonds is 2. The van der Waals surface area contributed by atoms with Crippen LogP contribution in [-0.4, -0.2) is 46.2 Å². The fourth-order valence-corrected chi connectivity index (χ4v) is 4.21. The van der Waals surface area contributed by atoms with Crippen molar-refractivity contribution < 1.29 is 4.74 Å². The van der Waals surface area contributed by atoms with Crippen molar-refractivity contribution in [2.24, 2.45) is 0 Å². The van der Waals surface area contributed by atoms with E-state index in [9.17, 15) is 0 Å². The summed E-state index contributed by atoms with van der Waals surface area (Å²) < 4.78 is 6.51. The predicted molar refractivity (Wildman–Crippen MR) is 115 cm³/mol. The molecule has 1 saturated heterocycles. The zero-order valence-electron chi connectivity index (χ0n) is 15.9. The summed E-state index contributed by atoms with van der Waals surface area (Å²) in [7, 11) is 0. The van der Waals surface area contributed by atoms with E-state index in [2.05, 4.69) is 14.9 Å². The van der Waals surface area contributed by atoms with E-state index in [4.69, 9.17) is 20.4 Å². The first-order chi connectivity index (χ1) is 13.8. The van der Waals surface area contributed by atoms with Gasteiger partial charge in [0.15, 0.2) is 11.6 Å². The fourth-order valence-electron chi connectivity index (χ4n) is 3.15. The van der Waals surface area contributed by atoms with Gasteiger partial charge in [-0.25, -0.2) is 19.9 Å². The molecule has 7 nitrogen and oxygen atoms in total. The van der Waals surface area contributed by atoms with Crippen molar-refractivity contribution in [3.8, 4) is 11.4 Å². The summed E-state index contributed by atoms with van der Waals surface area (Å²) in [5, 5.41) is 0. The minimum atomic E-state index is 0.650. The standard InChI is InChI=1S/C18H16N6OS.C2H6/c19-12-3-1-2-11(10-12)16-22-13-14-18(21-5-4-20-14)26-15(13)17(23-16)24-6-8-25-9-7-24;1-2/h1-5,10H,6-9,19H2;1-2H3. The maximum atomic E-state index is 5.96. The first kappa shape index (κ1) is 18.5. The molecular weight excluding hydrogens is 372 g/mol. The summed E-state index contributed by atoms with van der Waals surface area (Å²) in [6.45, 7) is 7.00. The molecule has 3 aromatic heterocycles. The molecule has 0 saturated carbocycles. The second-order valence-electron chi connectivity index (χ2n) is 6.09. The van der Waals surface area contributed by atoms with E-state index in [-0.39, 0.29) is 0 Å². The molecule has 4 heterocycles. The van der Waals surface area contributed by atoms with Gasteiger partial charge in [0, 0.05) is 36.7 Å². The van der Waals surface area contributed by atoms with Crippen LogP contribution in [0.2, 0.25) is 0 Å². The van der Waals surface area contributed by atoms with Crippen LogP contribution in [0.15, 0.2) is 36.7 Å². The zero-order valence-corrected chi connectivity index (χ0v) is 16.7. The number of benzene rings is 1. The van der Waals surface area contributed by atoms with Gasteiger partial charge < -0.3 is 15.4 Å². The fraction of sp³-hybridized carbons (Fsp3) is 0.300. The Labute approximate surface area is 167 Å². The molecule has 0 unspecified atom stereocenters.